The van der Waals surface area contributed by atoms with Gasteiger partial charge in [0.05, 0.1) is 11.4 Å². The van der Waals surface area contributed by atoms with Crippen LogP contribution in [0.25, 0.3) is 0 Å². The van der Waals surface area contributed by atoms with Crippen molar-refractivity contribution >= 4 is 45.4 Å². The Labute approximate surface area is 164 Å². The minimum absolute atomic E-state index is 0.180. The van der Waals surface area contributed by atoms with E-state index in [1.54, 1.807) is 31.2 Å². The maximum Gasteiger partial charge on any atom is 0.277 e. The second-order valence-corrected chi connectivity index (χ2v) is 6.68. The first-order valence-electron chi connectivity index (χ1n) is 8.19. The van der Waals surface area contributed by atoms with Crippen LogP contribution in [-0.2, 0) is 9.59 Å². The number of hydrogen-bond acceptors (Lipinski definition) is 5. The summed E-state index contributed by atoms with van der Waals surface area (Å²) in [7, 11) is 0. The first kappa shape index (κ1) is 18.8. The molecule has 0 saturated carbocycles. The Kier molecular flexibility index (Phi) is 5.97. The number of nitrogens with one attached hydrogen (secondary N) is 1. The molecule has 2 amide bonds. The lowest BCUT2D eigenvalue weighted by Gasteiger charge is -2.12. The Hall–Kier alpha value is -3.00. The van der Waals surface area contributed by atoms with E-state index in [0.717, 1.165) is 4.47 Å². The van der Waals surface area contributed by atoms with Crippen molar-refractivity contribution in [1.29, 1.82) is 0 Å². The smallest absolute Gasteiger partial charge is 0.277 e. The highest BCUT2D eigenvalue weighted by molar-refractivity contribution is 9.10. The summed E-state index contributed by atoms with van der Waals surface area (Å²) in [6, 6.07) is 16.3. The summed E-state index contributed by atoms with van der Waals surface area (Å²) in [5.74, 6) is -0.681. The standard InChI is InChI=1S/C19H17BrN4O3/c1-13-17(19(26)24(23-13)15-5-3-2-4-6-15)11-21-22-18(25)12-27-16-9-7-14(20)8-10-16/h2-11,17H,12H2,1H3,(H,22,25)/b21-11-/t17-/m1/s1. The highest BCUT2D eigenvalue weighted by atomic mass is 79.9. The van der Waals surface area contributed by atoms with Gasteiger partial charge in [-0.1, -0.05) is 34.1 Å². The zero-order valence-electron chi connectivity index (χ0n) is 14.5. The van der Waals surface area contributed by atoms with Crippen molar-refractivity contribution in [3.05, 3.63) is 59.1 Å². The first-order valence-corrected chi connectivity index (χ1v) is 8.98. The average Bonchev–Trinajstić information content (AvgIpc) is 2.96. The second-order valence-electron chi connectivity index (χ2n) is 5.76. The van der Waals surface area contributed by atoms with Gasteiger partial charge >= 0.3 is 0 Å². The number of carbonyl (C=O) groups is 2. The Balaban J connectivity index is 1.52. The van der Waals surface area contributed by atoms with Gasteiger partial charge in [0.25, 0.3) is 11.8 Å². The predicted molar refractivity (Wildman–Crippen MR) is 107 cm³/mol. The molecule has 1 atom stereocenters. The van der Waals surface area contributed by atoms with E-state index in [2.05, 4.69) is 31.6 Å². The molecular weight excluding hydrogens is 412 g/mol. The van der Waals surface area contributed by atoms with Crippen LogP contribution >= 0.6 is 15.9 Å². The number of halogens is 1. The molecule has 138 valence electrons. The molecule has 7 nitrogen and oxygen atoms in total. The molecular formula is C19H17BrN4O3. The number of amides is 2. The lowest BCUT2D eigenvalue weighted by atomic mass is 10.1. The monoisotopic (exact) mass is 428 g/mol. The fourth-order valence-electron chi connectivity index (χ4n) is 2.40. The van der Waals surface area contributed by atoms with E-state index in [9.17, 15) is 9.59 Å². The fraction of sp³-hybridized carbons (Fsp3) is 0.158. The zero-order valence-corrected chi connectivity index (χ0v) is 16.1. The number of hydrazone groups is 2. The molecule has 1 aliphatic rings. The van der Waals surface area contributed by atoms with E-state index >= 15 is 0 Å². The molecule has 0 radical (unpaired) electrons. The predicted octanol–water partition coefficient (Wildman–Crippen LogP) is 2.97. The number of rotatable bonds is 6. The van der Waals surface area contributed by atoms with E-state index in [4.69, 9.17) is 4.74 Å². The molecule has 0 aliphatic carbocycles. The quantitative estimate of drug-likeness (QED) is 0.566. The molecule has 0 bridgehead atoms. The molecule has 1 N–H and O–H groups in total. The van der Waals surface area contributed by atoms with Gasteiger partial charge in [0.15, 0.2) is 6.61 Å². The maximum atomic E-state index is 12.5. The van der Waals surface area contributed by atoms with Crippen LogP contribution in [0.3, 0.4) is 0 Å². The third kappa shape index (κ3) is 4.79. The van der Waals surface area contributed by atoms with Gasteiger partial charge in [0.1, 0.15) is 11.7 Å². The molecule has 3 rings (SSSR count). The molecule has 2 aromatic carbocycles. The lowest BCUT2D eigenvalue weighted by Crippen LogP contribution is -2.30. The second kappa shape index (κ2) is 8.59. The van der Waals surface area contributed by atoms with Gasteiger partial charge in [-0.2, -0.15) is 15.2 Å². The Morgan fingerprint density at radius 1 is 1.26 bits per heavy atom. The van der Waals surface area contributed by atoms with Crippen molar-refractivity contribution in [2.24, 2.45) is 16.1 Å². The number of benzene rings is 2. The minimum atomic E-state index is -0.613. The van der Waals surface area contributed by atoms with Gasteiger partial charge in [-0.15, -0.1) is 0 Å². The number of carbonyl (C=O) groups excluding carboxylic acids is 2. The summed E-state index contributed by atoms with van der Waals surface area (Å²) in [6.07, 6.45) is 1.38. The molecule has 27 heavy (non-hydrogen) atoms. The highest BCUT2D eigenvalue weighted by Gasteiger charge is 2.33. The number of nitrogens with zero attached hydrogens (tertiary/aromatic N) is 3. The Morgan fingerprint density at radius 2 is 1.96 bits per heavy atom. The van der Waals surface area contributed by atoms with Gasteiger partial charge in [0.2, 0.25) is 0 Å². The van der Waals surface area contributed by atoms with E-state index < -0.39 is 11.8 Å². The van der Waals surface area contributed by atoms with Crippen molar-refractivity contribution in [2.45, 2.75) is 6.92 Å². The summed E-state index contributed by atoms with van der Waals surface area (Å²) >= 11 is 3.33. The molecule has 8 heteroatoms. The highest BCUT2D eigenvalue weighted by Crippen LogP contribution is 2.22. The Bertz CT molecular complexity index is 882. The number of ether oxygens (including phenoxy) is 1. The molecule has 0 saturated heterocycles. The van der Waals surface area contributed by atoms with Gasteiger partial charge in [-0.25, -0.2) is 5.43 Å². The van der Waals surface area contributed by atoms with Crippen molar-refractivity contribution in [3.63, 3.8) is 0 Å². The van der Waals surface area contributed by atoms with Crippen LogP contribution in [-0.4, -0.2) is 30.3 Å². The summed E-state index contributed by atoms with van der Waals surface area (Å²) in [6.45, 7) is 1.57. The van der Waals surface area contributed by atoms with Crippen LogP contribution in [0.15, 0.2) is 69.3 Å². The number of para-hydroxylation sites is 1. The van der Waals surface area contributed by atoms with Crippen LogP contribution in [0.4, 0.5) is 5.69 Å². The molecule has 0 unspecified atom stereocenters. The molecule has 0 fully saturated rings. The van der Waals surface area contributed by atoms with Gasteiger partial charge in [0, 0.05) is 10.7 Å². The van der Waals surface area contributed by atoms with Crippen molar-refractivity contribution in [3.8, 4) is 5.75 Å². The molecule has 1 heterocycles. The molecule has 0 spiro atoms. The van der Waals surface area contributed by atoms with Crippen LogP contribution in [0, 0.1) is 5.92 Å². The van der Waals surface area contributed by atoms with E-state index in [0.29, 0.717) is 17.1 Å². The summed E-state index contributed by atoms with van der Waals surface area (Å²) in [4.78, 5) is 24.3. The summed E-state index contributed by atoms with van der Waals surface area (Å²) in [5.41, 5.74) is 3.65. The van der Waals surface area contributed by atoms with Gasteiger partial charge in [-0.05, 0) is 43.3 Å². The summed E-state index contributed by atoms with van der Waals surface area (Å²) < 4.78 is 6.28. The SMILES string of the molecule is CC1=NN(c2ccccc2)C(=O)[C@@H]1/C=N\NC(=O)COc1ccc(Br)cc1. The fourth-order valence-corrected chi connectivity index (χ4v) is 2.67. The molecule has 2 aromatic rings. The van der Waals surface area contributed by atoms with E-state index in [1.807, 2.05) is 30.3 Å². The first-order chi connectivity index (χ1) is 13.0. The number of anilines is 1. The van der Waals surface area contributed by atoms with Crippen LogP contribution < -0.4 is 15.2 Å². The third-order valence-electron chi connectivity index (χ3n) is 3.78. The minimum Gasteiger partial charge on any atom is -0.484 e. The van der Waals surface area contributed by atoms with Crippen LogP contribution in [0.2, 0.25) is 0 Å². The zero-order chi connectivity index (χ0) is 19.2. The van der Waals surface area contributed by atoms with Crippen LogP contribution in [0.5, 0.6) is 5.75 Å². The topological polar surface area (TPSA) is 83.4 Å². The van der Waals surface area contributed by atoms with Crippen molar-refractivity contribution in [2.75, 3.05) is 11.6 Å². The molecule has 1 aliphatic heterocycles. The average molecular weight is 429 g/mol. The Morgan fingerprint density at radius 3 is 2.67 bits per heavy atom. The van der Waals surface area contributed by atoms with E-state index in [-0.39, 0.29) is 12.5 Å². The third-order valence-corrected chi connectivity index (χ3v) is 4.31. The largest absolute Gasteiger partial charge is 0.484 e. The number of hydrogen-bond donors (Lipinski definition) is 1. The van der Waals surface area contributed by atoms with E-state index in [1.165, 1.54) is 11.2 Å². The molecule has 0 aromatic heterocycles. The normalized spacial score (nSPS) is 16.5. The lowest BCUT2D eigenvalue weighted by molar-refractivity contribution is -0.123. The van der Waals surface area contributed by atoms with Crippen molar-refractivity contribution < 1.29 is 14.3 Å². The maximum absolute atomic E-state index is 12.5. The summed E-state index contributed by atoms with van der Waals surface area (Å²) in [5, 5.41) is 9.48. The van der Waals surface area contributed by atoms with Crippen LogP contribution in [0.1, 0.15) is 6.92 Å². The van der Waals surface area contributed by atoms with Gasteiger partial charge in [-0.3, -0.25) is 9.59 Å². The van der Waals surface area contributed by atoms with Crippen molar-refractivity contribution in [1.82, 2.24) is 5.43 Å². The van der Waals surface area contributed by atoms with Gasteiger partial charge < -0.3 is 4.74 Å².